The average Bonchev–Trinajstić information content (AvgIpc) is 3.33. The number of nitrogens with one attached hydrogen (secondary N) is 2. The van der Waals surface area contributed by atoms with E-state index in [2.05, 4.69) is 15.5 Å². The summed E-state index contributed by atoms with van der Waals surface area (Å²) in [6.07, 6.45) is 7.63. The van der Waals surface area contributed by atoms with Gasteiger partial charge in [0.25, 0.3) is 0 Å². The number of hydrogen-bond acceptors (Lipinski definition) is 3. The Hall–Kier alpha value is -1.55. The van der Waals surface area contributed by atoms with E-state index in [1.807, 2.05) is 25.3 Å². The number of aryl methyl sites for hydroxylation is 1. The van der Waals surface area contributed by atoms with E-state index >= 15 is 0 Å². The Kier molecular flexibility index (Phi) is 2.74. The van der Waals surface area contributed by atoms with E-state index in [4.69, 9.17) is 4.42 Å². The van der Waals surface area contributed by atoms with Gasteiger partial charge in [-0.25, -0.2) is 0 Å². The summed E-state index contributed by atoms with van der Waals surface area (Å²) in [5.74, 6) is 2.81. The number of aromatic amines is 1. The summed E-state index contributed by atoms with van der Waals surface area (Å²) in [5.41, 5.74) is 2.83. The lowest BCUT2D eigenvalue weighted by Crippen LogP contribution is -2.25. The van der Waals surface area contributed by atoms with Gasteiger partial charge in [0.05, 0.1) is 6.20 Å². The Morgan fingerprint density at radius 3 is 2.90 bits per heavy atom. The molecule has 4 rings (SSSR count). The molecule has 0 radical (unpaired) electrons. The van der Waals surface area contributed by atoms with Crippen LogP contribution in [-0.4, -0.2) is 16.7 Å². The van der Waals surface area contributed by atoms with Crippen LogP contribution in [0.4, 0.5) is 0 Å². The first kappa shape index (κ1) is 12.2. The first-order valence-corrected chi connectivity index (χ1v) is 7.57. The Labute approximate surface area is 119 Å². The first-order valence-electron chi connectivity index (χ1n) is 7.57. The van der Waals surface area contributed by atoms with Gasteiger partial charge in [-0.2, -0.15) is 5.10 Å². The summed E-state index contributed by atoms with van der Waals surface area (Å²) in [4.78, 5) is 0. The highest BCUT2D eigenvalue weighted by molar-refractivity contribution is 5.56. The lowest BCUT2D eigenvalue weighted by Gasteiger charge is -2.14. The van der Waals surface area contributed by atoms with Crippen LogP contribution in [0.1, 0.15) is 37.0 Å². The molecular formula is C16H21N3O. The fraction of sp³-hybridized carbons (Fsp3) is 0.562. The molecule has 0 unspecified atom stereocenters. The summed E-state index contributed by atoms with van der Waals surface area (Å²) >= 11 is 0. The molecule has 0 saturated heterocycles. The highest BCUT2D eigenvalue weighted by atomic mass is 16.3. The molecule has 0 aromatic carbocycles. The third-order valence-corrected chi connectivity index (χ3v) is 4.83. The van der Waals surface area contributed by atoms with Crippen LogP contribution in [0.5, 0.6) is 0 Å². The third-order valence-electron chi connectivity index (χ3n) is 4.83. The molecule has 2 heterocycles. The van der Waals surface area contributed by atoms with E-state index in [0.717, 1.165) is 36.2 Å². The molecule has 0 aliphatic heterocycles. The maximum absolute atomic E-state index is 5.68. The van der Waals surface area contributed by atoms with Crippen LogP contribution in [0.25, 0.3) is 11.5 Å². The van der Waals surface area contributed by atoms with E-state index in [1.165, 1.54) is 31.2 Å². The molecule has 2 aliphatic carbocycles. The van der Waals surface area contributed by atoms with Crippen LogP contribution >= 0.6 is 0 Å². The third kappa shape index (κ3) is 2.18. The van der Waals surface area contributed by atoms with Gasteiger partial charge in [0, 0.05) is 18.7 Å². The molecule has 4 heteroatoms. The molecule has 2 saturated carbocycles. The first-order chi connectivity index (χ1) is 9.77. The van der Waals surface area contributed by atoms with E-state index in [1.54, 1.807) is 0 Å². The second-order valence-electron chi connectivity index (χ2n) is 6.42. The second kappa shape index (κ2) is 4.48. The molecule has 0 atom stereocenters. The smallest absolute Gasteiger partial charge is 0.152 e. The Morgan fingerprint density at radius 1 is 1.40 bits per heavy atom. The summed E-state index contributed by atoms with van der Waals surface area (Å²) in [6, 6.07) is 3.98. The largest absolute Gasteiger partial charge is 0.460 e. The van der Waals surface area contributed by atoms with Gasteiger partial charge in [0.2, 0.25) is 0 Å². The molecule has 0 amide bonds. The van der Waals surface area contributed by atoms with Gasteiger partial charge in [-0.05, 0) is 56.1 Å². The number of rotatable bonds is 6. The maximum Gasteiger partial charge on any atom is 0.152 e. The van der Waals surface area contributed by atoms with Crippen LogP contribution in [0.15, 0.2) is 22.7 Å². The summed E-state index contributed by atoms with van der Waals surface area (Å²) in [5, 5.41) is 10.8. The van der Waals surface area contributed by atoms with Crippen molar-refractivity contribution in [3.05, 3.63) is 29.7 Å². The number of furan rings is 1. The second-order valence-corrected chi connectivity index (χ2v) is 6.42. The lowest BCUT2D eigenvalue weighted by molar-refractivity contribution is 0.403. The summed E-state index contributed by atoms with van der Waals surface area (Å²) < 4.78 is 5.68. The minimum atomic E-state index is 0.644. The van der Waals surface area contributed by atoms with E-state index in [9.17, 15) is 0 Å². The van der Waals surface area contributed by atoms with E-state index in [0.29, 0.717) is 5.41 Å². The van der Waals surface area contributed by atoms with Gasteiger partial charge in [0.1, 0.15) is 11.5 Å². The maximum atomic E-state index is 5.68. The molecule has 2 N–H and O–H groups in total. The van der Waals surface area contributed by atoms with Crippen molar-refractivity contribution in [2.75, 3.05) is 6.54 Å². The van der Waals surface area contributed by atoms with Crippen LogP contribution in [0, 0.1) is 18.3 Å². The summed E-state index contributed by atoms with van der Waals surface area (Å²) in [7, 11) is 0. The van der Waals surface area contributed by atoms with Gasteiger partial charge in [-0.15, -0.1) is 0 Å². The van der Waals surface area contributed by atoms with E-state index in [-0.39, 0.29) is 0 Å². The molecule has 4 nitrogen and oxygen atoms in total. The number of H-pyrrole nitrogens is 1. The van der Waals surface area contributed by atoms with Crippen molar-refractivity contribution < 1.29 is 4.42 Å². The minimum Gasteiger partial charge on any atom is -0.460 e. The molecule has 2 aromatic rings. The van der Waals surface area contributed by atoms with Gasteiger partial charge in [-0.1, -0.05) is 0 Å². The van der Waals surface area contributed by atoms with Crippen molar-refractivity contribution in [1.29, 1.82) is 0 Å². The average molecular weight is 271 g/mol. The zero-order chi connectivity index (χ0) is 13.6. The molecule has 2 aromatic heterocycles. The summed E-state index contributed by atoms with van der Waals surface area (Å²) in [6.45, 7) is 3.98. The van der Waals surface area contributed by atoms with E-state index < -0.39 is 0 Å². The van der Waals surface area contributed by atoms with Crippen molar-refractivity contribution in [1.82, 2.24) is 15.5 Å². The lowest BCUT2D eigenvalue weighted by atomic mass is 10.0. The van der Waals surface area contributed by atoms with Crippen LogP contribution in [0.2, 0.25) is 0 Å². The Bertz CT molecular complexity index is 605. The predicted octanol–water partition coefficient (Wildman–Crippen LogP) is 3.26. The van der Waals surface area contributed by atoms with Gasteiger partial charge < -0.3 is 9.73 Å². The van der Waals surface area contributed by atoms with Crippen molar-refractivity contribution >= 4 is 0 Å². The van der Waals surface area contributed by atoms with Crippen molar-refractivity contribution in [2.24, 2.45) is 11.3 Å². The molecular weight excluding hydrogens is 250 g/mol. The fourth-order valence-corrected chi connectivity index (χ4v) is 3.26. The number of aromatic nitrogens is 2. The standard InChI is InChI=1S/C16H21N3O/c1-11-2-5-14(20-11)15-12(9-18-19-15)8-17-10-16(6-7-16)13-3-4-13/h2,5,9,13,17H,3-4,6-8,10H2,1H3,(H,18,19). The van der Waals surface area contributed by atoms with Crippen LogP contribution in [0.3, 0.4) is 0 Å². The van der Waals surface area contributed by atoms with Gasteiger partial charge in [-0.3, -0.25) is 5.10 Å². The Balaban J connectivity index is 1.41. The number of hydrogen-bond donors (Lipinski definition) is 2. The van der Waals surface area contributed by atoms with Gasteiger partial charge in [0.15, 0.2) is 5.76 Å². The fourth-order valence-electron chi connectivity index (χ4n) is 3.26. The molecule has 106 valence electrons. The van der Waals surface area contributed by atoms with Crippen LogP contribution in [-0.2, 0) is 6.54 Å². The topological polar surface area (TPSA) is 53.9 Å². The normalized spacial score (nSPS) is 20.2. The van der Waals surface area contributed by atoms with Crippen molar-refractivity contribution in [3.63, 3.8) is 0 Å². The minimum absolute atomic E-state index is 0.644. The monoisotopic (exact) mass is 271 g/mol. The highest BCUT2D eigenvalue weighted by Crippen LogP contribution is 2.60. The van der Waals surface area contributed by atoms with Crippen molar-refractivity contribution in [3.8, 4) is 11.5 Å². The van der Waals surface area contributed by atoms with Gasteiger partial charge >= 0.3 is 0 Å². The van der Waals surface area contributed by atoms with Crippen molar-refractivity contribution in [2.45, 2.75) is 39.2 Å². The molecule has 0 bridgehead atoms. The molecule has 20 heavy (non-hydrogen) atoms. The van der Waals surface area contributed by atoms with Crippen LogP contribution < -0.4 is 5.32 Å². The zero-order valence-corrected chi connectivity index (χ0v) is 11.9. The quantitative estimate of drug-likeness (QED) is 0.848. The molecule has 2 aliphatic rings. The highest BCUT2D eigenvalue weighted by Gasteiger charge is 2.53. The Morgan fingerprint density at radius 2 is 2.25 bits per heavy atom. The molecule has 2 fully saturated rings. The molecule has 0 spiro atoms. The number of nitrogens with zero attached hydrogens (tertiary/aromatic N) is 1. The SMILES string of the molecule is Cc1ccc(-c2[nH]ncc2CNCC2(C3CC3)CC2)o1. The zero-order valence-electron chi connectivity index (χ0n) is 11.9. The predicted molar refractivity (Wildman–Crippen MR) is 77.1 cm³/mol.